The third-order valence-corrected chi connectivity index (χ3v) is 3.70. The van der Waals surface area contributed by atoms with Crippen LogP contribution in [0.2, 0.25) is 0 Å². The average Bonchev–Trinajstić information content (AvgIpc) is 2.83. The molecule has 0 aromatic heterocycles. The number of hydrogen-bond donors (Lipinski definition) is 2. The number of non-ortho nitro benzene ring substituents is 1. The highest BCUT2D eigenvalue weighted by Crippen LogP contribution is 2.36. The summed E-state index contributed by atoms with van der Waals surface area (Å²) in [7, 11) is 0. The summed E-state index contributed by atoms with van der Waals surface area (Å²) in [5.74, 6) is -0.424. The molecule has 0 heterocycles. The first-order chi connectivity index (χ1) is 10.0. The van der Waals surface area contributed by atoms with Crippen LogP contribution in [0.4, 0.5) is 15.8 Å². The minimum absolute atomic E-state index is 0.0587. The fourth-order valence-electron chi connectivity index (χ4n) is 2.68. The van der Waals surface area contributed by atoms with Crippen LogP contribution in [-0.2, 0) is 6.42 Å². The number of rotatable bonds is 3. The van der Waals surface area contributed by atoms with Gasteiger partial charge in [-0.1, -0.05) is 6.07 Å². The molecule has 0 radical (unpaired) electrons. The molecule has 108 valence electrons. The van der Waals surface area contributed by atoms with Crippen molar-refractivity contribution in [1.82, 2.24) is 0 Å². The molecule has 1 unspecified atom stereocenters. The molecule has 0 fully saturated rings. The van der Waals surface area contributed by atoms with Crippen molar-refractivity contribution in [1.29, 1.82) is 0 Å². The molecule has 2 aromatic rings. The van der Waals surface area contributed by atoms with Gasteiger partial charge in [0.15, 0.2) is 5.82 Å². The topological polar surface area (TPSA) is 75.4 Å². The lowest BCUT2D eigenvalue weighted by Crippen LogP contribution is -2.08. The lowest BCUT2D eigenvalue weighted by atomic mass is 10.1. The summed E-state index contributed by atoms with van der Waals surface area (Å²) in [4.78, 5) is 9.97. The van der Waals surface area contributed by atoms with Gasteiger partial charge in [-0.15, -0.1) is 0 Å². The molecule has 6 heteroatoms. The van der Waals surface area contributed by atoms with Crippen molar-refractivity contribution in [3.05, 3.63) is 63.5 Å². The Kier molecular flexibility index (Phi) is 3.21. The number of phenols is 1. The highest BCUT2D eigenvalue weighted by Gasteiger charge is 2.23. The summed E-state index contributed by atoms with van der Waals surface area (Å²) >= 11 is 0. The molecular weight excluding hydrogens is 275 g/mol. The summed E-state index contributed by atoms with van der Waals surface area (Å²) < 4.78 is 13.9. The molecule has 2 N–H and O–H groups in total. The molecule has 0 bridgehead atoms. The first kappa shape index (κ1) is 13.4. The second kappa shape index (κ2) is 5.05. The van der Waals surface area contributed by atoms with Crippen LogP contribution >= 0.6 is 0 Å². The van der Waals surface area contributed by atoms with Gasteiger partial charge >= 0.3 is 0 Å². The lowest BCUT2D eigenvalue weighted by Gasteiger charge is -2.16. The van der Waals surface area contributed by atoms with Gasteiger partial charge in [-0.3, -0.25) is 10.1 Å². The summed E-state index contributed by atoms with van der Waals surface area (Å²) in [5.41, 5.74) is 2.03. The zero-order chi connectivity index (χ0) is 15.0. The largest absolute Gasteiger partial charge is 0.508 e. The van der Waals surface area contributed by atoms with Gasteiger partial charge in [-0.25, -0.2) is 4.39 Å². The highest BCUT2D eigenvalue weighted by atomic mass is 19.1. The average molecular weight is 288 g/mol. The second-order valence-electron chi connectivity index (χ2n) is 5.04. The lowest BCUT2D eigenvalue weighted by molar-refractivity contribution is -0.385. The van der Waals surface area contributed by atoms with Crippen LogP contribution in [0.5, 0.6) is 5.75 Å². The van der Waals surface area contributed by atoms with Crippen molar-refractivity contribution in [2.24, 2.45) is 0 Å². The first-order valence-electron chi connectivity index (χ1n) is 6.57. The number of hydrogen-bond acceptors (Lipinski definition) is 4. The molecule has 0 aliphatic heterocycles. The number of nitrogens with zero attached hydrogens (tertiary/aromatic N) is 1. The standard InChI is InChI=1S/C15H13FN2O3/c16-13-8-10(18(20)21)2-6-15(13)17-14-5-1-9-7-11(19)3-4-12(9)14/h2-4,6-8,14,17,19H,1,5H2. The van der Waals surface area contributed by atoms with Crippen molar-refractivity contribution < 1.29 is 14.4 Å². The van der Waals surface area contributed by atoms with E-state index in [1.165, 1.54) is 12.1 Å². The molecule has 3 rings (SSSR count). The molecule has 21 heavy (non-hydrogen) atoms. The summed E-state index contributed by atoms with van der Waals surface area (Å²) in [5, 5.41) is 23.1. The Morgan fingerprint density at radius 2 is 2.10 bits per heavy atom. The molecule has 2 aromatic carbocycles. The minimum Gasteiger partial charge on any atom is -0.508 e. The van der Waals surface area contributed by atoms with Crippen molar-refractivity contribution in [3.63, 3.8) is 0 Å². The number of benzene rings is 2. The highest BCUT2D eigenvalue weighted by molar-refractivity contribution is 5.53. The number of aryl methyl sites for hydroxylation is 1. The summed E-state index contributed by atoms with van der Waals surface area (Å²) in [6, 6.07) is 8.64. The molecule has 0 amide bonds. The van der Waals surface area contributed by atoms with E-state index in [4.69, 9.17) is 0 Å². The second-order valence-corrected chi connectivity index (χ2v) is 5.04. The van der Waals surface area contributed by atoms with Crippen molar-refractivity contribution in [2.45, 2.75) is 18.9 Å². The van der Waals surface area contributed by atoms with Gasteiger partial charge < -0.3 is 10.4 Å². The van der Waals surface area contributed by atoms with Crippen LogP contribution in [0.15, 0.2) is 36.4 Å². The van der Waals surface area contributed by atoms with Crippen LogP contribution in [0.1, 0.15) is 23.6 Å². The predicted molar refractivity (Wildman–Crippen MR) is 75.8 cm³/mol. The zero-order valence-electron chi connectivity index (χ0n) is 11.0. The van der Waals surface area contributed by atoms with Crippen LogP contribution in [0, 0.1) is 15.9 Å². The van der Waals surface area contributed by atoms with Crippen LogP contribution < -0.4 is 5.32 Å². The van der Waals surface area contributed by atoms with E-state index >= 15 is 0 Å². The molecule has 5 nitrogen and oxygen atoms in total. The van der Waals surface area contributed by atoms with Crippen LogP contribution in [0.3, 0.4) is 0 Å². The first-order valence-corrected chi connectivity index (χ1v) is 6.57. The number of nitrogens with one attached hydrogen (secondary N) is 1. The number of phenolic OH excluding ortho intramolecular Hbond substituents is 1. The van der Waals surface area contributed by atoms with E-state index in [-0.39, 0.29) is 23.2 Å². The molecular formula is C15H13FN2O3. The van der Waals surface area contributed by atoms with E-state index in [1.54, 1.807) is 12.1 Å². The normalized spacial score (nSPS) is 16.5. The van der Waals surface area contributed by atoms with Crippen LogP contribution in [0.25, 0.3) is 0 Å². The number of anilines is 1. The maximum Gasteiger partial charge on any atom is 0.272 e. The number of nitro benzene ring substituents is 1. The molecule has 0 spiro atoms. The maximum absolute atomic E-state index is 13.9. The maximum atomic E-state index is 13.9. The Morgan fingerprint density at radius 3 is 2.81 bits per heavy atom. The van der Waals surface area contributed by atoms with E-state index in [2.05, 4.69) is 5.32 Å². The minimum atomic E-state index is -0.642. The van der Waals surface area contributed by atoms with E-state index in [0.717, 1.165) is 30.0 Å². The SMILES string of the molecule is O=[N+]([O-])c1ccc(NC2CCc3cc(O)ccc32)c(F)c1. The van der Waals surface area contributed by atoms with Crippen molar-refractivity contribution in [2.75, 3.05) is 5.32 Å². The van der Waals surface area contributed by atoms with Gasteiger partial charge in [-0.05, 0) is 42.2 Å². The van der Waals surface area contributed by atoms with E-state index in [1.807, 2.05) is 6.07 Å². The quantitative estimate of drug-likeness (QED) is 0.669. The van der Waals surface area contributed by atoms with Gasteiger partial charge in [0.2, 0.25) is 0 Å². The number of aromatic hydroxyl groups is 1. The van der Waals surface area contributed by atoms with E-state index < -0.39 is 10.7 Å². The smallest absolute Gasteiger partial charge is 0.272 e. The Hall–Kier alpha value is -2.63. The van der Waals surface area contributed by atoms with Gasteiger partial charge in [0.1, 0.15) is 5.75 Å². The third-order valence-electron chi connectivity index (χ3n) is 3.70. The molecule has 1 aliphatic rings. The molecule has 1 atom stereocenters. The van der Waals surface area contributed by atoms with Gasteiger partial charge in [0.25, 0.3) is 5.69 Å². The number of fused-ring (bicyclic) bond motifs is 1. The summed E-state index contributed by atoms with van der Waals surface area (Å²) in [6.07, 6.45) is 1.59. The Labute approximate surface area is 120 Å². The Balaban J connectivity index is 1.84. The third kappa shape index (κ3) is 2.52. The Bertz CT molecular complexity index is 718. The van der Waals surface area contributed by atoms with E-state index in [9.17, 15) is 19.6 Å². The zero-order valence-corrected chi connectivity index (χ0v) is 11.0. The monoisotopic (exact) mass is 288 g/mol. The van der Waals surface area contributed by atoms with Crippen LogP contribution in [-0.4, -0.2) is 10.0 Å². The Morgan fingerprint density at radius 1 is 1.29 bits per heavy atom. The molecule has 0 saturated heterocycles. The van der Waals surface area contributed by atoms with Gasteiger partial charge in [0, 0.05) is 6.07 Å². The van der Waals surface area contributed by atoms with Crippen molar-refractivity contribution in [3.8, 4) is 5.75 Å². The fraction of sp³-hybridized carbons (Fsp3) is 0.200. The fourth-order valence-corrected chi connectivity index (χ4v) is 2.68. The van der Waals surface area contributed by atoms with Gasteiger partial charge in [-0.2, -0.15) is 0 Å². The van der Waals surface area contributed by atoms with Crippen molar-refractivity contribution >= 4 is 11.4 Å². The number of halogens is 1. The number of nitro groups is 1. The molecule has 1 aliphatic carbocycles. The summed E-state index contributed by atoms with van der Waals surface area (Å²) in [6.45, 7) is 0. The predicted octanol–water partition coefficient (Wildman–Crippen LogP) is 3.54. The molecule has 0 saturated carbocycles. The van der Waals surface area contributed by atoms with Gasteiger partial charge in [0.05, 0.1) is 22.7 Å². The van der Waals surface area contributed by atoms with E-state index in [0.29, 0.717) is 0 Å².